The summed E-state index contributed by atoms with van der Waals surface area (Å²) in [6.45, 7) is 1.44. The van der Waals surface area contributed by atoms with Gasteiger partial charge < -0.3 is 4.79 Å². The predicted octanol–water partition coefficient (Wildman–Crippen LogP) is 0.953. The number of carbonyl (C=O) groups is 2. The lowest BCUT2D eigenvalue weighted by atomic mass is 10.8. The second-order valence-corrected chi connectivity index (χ2v) is 0.895. The minimum atomic E-state index is -4.64. The summed E-state index contributed by atoms with van der Waals surface area (Å²) in [4.78, 5) is 17.5. The second-order valence-electron chi connectivity index (χ2n) is 0.895. The zero-order valence-corrected chi connectivity index (χ0v) is 4.61. The third-order valence-corrected chi connectivity index (χ3v) is 0.134. The molecule has 0 spiro atoms. The van der Waals surface area contributed by atoms with Crippen LogP contribution in [0.4, 0.5) is 13.2 Å². The molecule has 0 rings (SSSR count). The number of hydrogen-bond acceptors (Lipinski definition) is 2. The molecule has 54 valence electrons. The third-order valence-electron chi connectivity index (χ3n) is 0.134. The lowest BCUT2D eigenvalue weighted by Gasteiger charge is -1.87. The predicted molar refractivity (Wildman–Crippen MR) is 23.9 cm³/mol. The zero-order valence-electron chi connectivity index (χ0n) is 4.61. The van der Waals surface area contributed by atoms with Gasteiger partial charge in [0.1, 0.15) is 6.29 Å². The molecule has 0 heterocycles. The van der Waals surface area contributed by atoms with Gasteiger partial charge in [-0.3, -0.25) is 4.79 Å². The first kappa shape index (κ1) is 11.0. The molecule has 0 aliphatic rings. The summed E-state index contributed by atoms with van der Waals surface area (Å²) in [7, 11) is 0. The van der Waals surface area contributed by atoms with Crippen LogP contribution in [0.15, 0.2) is 0 Å². The van der Waals surface area contributed by atoms with Crippen molar-refractivity contribution < 1.29 is 22.8 Å². The third kappa shape index (κ3) is 41.4. The smallest absolute Gasteiger partial charge is 0.304 e. The summed E-state index contributed by atoms with van der Waals surface area (Å²) in [6, 6.07) is 0. The van der Waals surface area contributed by atoms with Gasteiger partial charge in [-0.2, -0.15) is 13.2 Å². The molecule has 0 fully saturated rings. The minimum Gasteiger partial charge on any atom is -0.304 e. The summed E-state index contributed by atoms with van der Waals surface area (Å²) in [5.74, 6) is 0. The van der Waals surface area contributed by atoms with Crippen LogP contribution in [0.3, 0.4) is 0 Å². The van der Waals surface area contributed by atoms with E-state index >= 15 is 0 Å². The maximum Gasteiger partial charge on any atom is 0.446 e. The van der Waals surface area contributed by atoms with Crippen LogP contribution in [-0.4, -0.2) is 18.7 Å². The molecule has 2 nitrogen and oxygen atoms in total. The second kappa shape index (κ2) is 5.27. The first-order valence-corrected chi connectivity index (χ1v) is 1.90. The quantitative estimate of drug-likeness (QED) is 0.472. The van der Waals surface area contributed by atoms with Gasteiger partial charge in [-0.05, 0) is 6.92 Å². The number of halogens is 3. The molecule has 0 aromatic rings. The summed E-state index contributed by atoms with van der Waals surface area (Å²) < 4.78 is 31.2. The van der Waals surface area contributed by atoms with Crippen molar-refractivity contribution in [2.45, 2.75) is 13.1 Å². The lowest BCUT2D eigenvalue weighted by molar-refractivity contribution is -0.156. The molecular formula is C4H5F3O2. The van der Waals surface area contributed by atoms with E-state index in [0.29, 0.717) is 0 Å². The van der Waals surface area contributed by atoms with Crippen LogP contribution in [0.2, 0.25) is 0 Å². The summed E-state index contributed by atoms with van der Waals surface area (Å²) in [5.41, 5.74) is 0. The molecular weight excluding hydrogens is 137 g/mol. The van der Waals surface area contributed by atoms with Gasteiger partial charge in [0, 0.05) is 0 Å². The standard InChI is InChI=1S/C2HF3O.C2H4O/c3-2(4,5)1-6;1-2-3/h1H;2H,1H3. The van der Waals surface area contributed by atoms with Crippen LogP contribution in [0.1, 0.15) is 6.92 Å². The molecule has 0 aromatic carbocycles. The average molecular weight is 142 g/mol. The highest BCUT2D eigenvalue weighted by atomic mass is 19.4. The first-order chi connectivity index (χ1) is 3.97. The zero-order chi connectivity index (χ0) is 7.91. The van der Waals surface area contributed by atoms with Gasteiger partial charge in [0.15, 0.2) is 0 Å². The average Bonchev–Trinajstić information content (AvgIpc) is 1.67. The minimum absolute atomic E-state index is 0.750. The Kier molecular flexibility index (Phi) is 6.44. The van der Waals surface area contributed by atoms with E-state index in [1.54, 1.807) is 0 Å². The van der Waals surface area contributed by atoms with Crippen LogP contribution in [-0.2, 0) is 9.59 Å². The number of alkyl halides is 3. The Morgan fingerprint density at radius 1 is 1.22 bits per heavy atom. The van der Waals surface area contributed by atoms with E-state index in [4.69, 9.17) is 9.59 Å². The molecule has 0 aliphatic carbocycles. The van der Waals surface area contributed by atoms with E-state index in [-0.39, 0.29) is 0 Å². The fourth-order valence-electron chi connectivity index (χ4n) is 0. The van der Waals surface area contributed by atoms with E-state index in [1.807, 2.05) is 0 Å². The molecule has 0 saturated heterocycles. The molecule has 0 aromatic heterocycles. The van der Waals surface area contributed by atoms with E-state index in [9.17, 15) is 13.2 Å². The number of aldehydes is 2. The SMILES string of the molecule is CC=O.O=CC(F)(F)F. The van der Waals surface area contributed by atoms with Crippen LogP contribution in [0, 0.1) is 0 Å². The Balaban J connectivity index is 0. The van der Waals surface area contributed by atoms with Gasteiger partial charge in [0.2, 0.25) is 6.29 Å². The van der Waals surface area contributed by atoms with Crippen molar-refractivity contribution >= 4 is 12.6 Å². The van der Waals surface area contributed by atoms with E-state index in [2.05, 4.69) is 0 Å². The summed E-state index contributed by atoms with van der Waals surface area (Å²) in [5, 5.41) is 0. The van der Waals surface area contributed by atoms with Gasteiger partial charge in [-0.15, -0.1) is 0 Å². The Labute approximate surface area is 49.7 Å². The Bertz CT molecular complexity index is 86.3. The maximum absolute atomic E-state index is 10.4. The number of rotatable bonds is 0. The van der Waals surface area contributed by atoms with Crippen LogP contribution >= 0.6 is 0 Å². The van der Waals surface area contributed by atoms with Crippen molar-refractivity contribution in [2.75, 3.05) is 0 Å². The summed E-state index contributed by atoms with van der Waals surface area (Å²) >= 11 is 0. The molecule has 0 bridgehead atoms. The largest absolute Gasteiger partial charge is 0.446 e. The van der Waals surface area contributed by atoms with Crippen LogP contribution < -0.4 is 0 Å². The molecule has 0 saturated carbocycles. The van der Waals surface area contributed by atoms with Gasteiger partial charge in [0.05, 0.1) is 0 Å². The van der Waals surface area contributed by atoms with Crippen LogP contribution in [0.5, 0.6) is 0 Å². The van der Waals surface area contributed by atoms with E-state index < -0.39 is 12.5 Å². The van der Waals surface area contributed by atoms with Crippen LogP contribution in [0.25, 0.3) is 0 Å². The number of hydrogen-bond donors (Lipinski definition) is 0. The van der Waals surface area contributed by atoms with Crippen molar-refractivity contribution in [1.82, 2.24) is 0 Å². The molecule has 0 unspecified atom stereocenters. The summed E-state index contributed by atoms with van der Waals surface area (Å²) in [6.07, 6.45) is -4.95. The highest BCUT2D eigenvalue weighted by Gasteiger charge is 2.24. The monoisotopic (exact) mass is 142 g/mol. The van der Waals surface area contributed by atoms with Crippen molar-refractivity contribution in [1.29, 1.82) is 0 Å². The van der Waals surface area contributed by atoms with Gasteiger partial charge in [-0.1, -0.05) is 0 Å². The van der Waals surface area contributed by atoms with Gasteiger partial charge in [-0.25, -0.2) is 0 Å². The van der Waals surface area contributed by atoms with Crippen molar-refractivity contribution in [3.05, 3.63) is 0 Å². The Morgan fingerprint density at radius 3 is 1.33 bits per heavy atom. The van der Waals surface area contributed by atoms with Crippen molar-refractivity contribution in [3.63, 3.8) is 0 Å². The fraction of sp³-hybridized carbons (Fsp3) is 0.500. The maximum atomic E-state index is 10.4. The topological polar surface area (TPSA) is 34.1 Å². The van der Waals surface area contributed by atoms with E-state index in [0.717, 1.165) is 6.29 Å². The normalized spacial score (nSPS) is 8.89. The molecule has 9 heavy (non-hydrogen) atoms. The Morgan fingerprint density at radius 2 is 1.33 bits per heavy atom. The Hall–Kier alpha value is -0.870. The van der Waals surface area contributed by atoms with Crippen molar-refractivity contribution in [3.8, 4) is 0 Å². The van der Waals surface area contributed by atoms with Gasteiger partial charge >= 0.3 is 6.18 Å². The molecule has 0 atom stereocenters. The molecule has 0 aliphatic heterocycles. The molecule has 0 N–H and O–H groups in total. The molecule has 5 heteroatoms. The first-order valence-electron chi connectivity index (χ1n) is 1.90. The van der Waals surface area contributed by atoms with E-state index in [1.165, 1.54) is 6.92 Å². The highest BCUT2D eigenvalue weighted by Crippen LogP contribution is 2.08. The fourth-order valence-corrected chi connectivity index (χ4v) is 0. The number of carbonyl (C=O) groups excluding carboxylic acids is 2. The van der Waals surface area contributed by atoms with Crippen molar-refractivity contribution in [2.24, 2.45) is 0 Å². The molecule has 0 amide bonds. The molecule has 0 radical (unpaired) electrons. The lowest BCUT2D eigenvalue weighted by Crippen LogP contribution is -2.07. The highest BCUT2D eigenvalue weighted by molar-refractivity contribution is 5.56. The van der Waals surface area contributed by atoms with Gasteiger partial charge in [0.25, 0.3) is 0 Å².